The first kappa shape index (κ1) is 30.5. The van der Waals surface area contributed by atoms with Crippen molar-refractivity contribution in [2.45, 2.75) is 83.7 Å². The second-order valence-corrected chi connectivity index (χ2v) is 11.8. The van der Waals surface area contributed by atoms with Crippen LogP contribution in [-0.4, -0.2) is 49.3 Å². The molecule has 0 aromatic heterocycles. The number of fused-ring (bicyclic) bond motifs is 2. The maximum atomic E-state index is 13.3. The third-order valence-corrected chi connectivity index (χ3v) is 8.47. The topological polar surface area (TPSA) is 48.0 Å². The van der Waals surface area contributed by atoms with Gasteiger partial charge in [0.1, 0.15) is 22.9 Å². The molecule has 5 nitrogen and oxygen atoms in total. The van der Waals surface area contributed by atoms with E-state index in [2.05, 4.69) is 37.8 Å². The number of benzene rings is 2. The average molecular weight is 572 g/mol. The second kappa shape index (κ2) is 13.5. The Bertz CT molecular complexity index is 1200. The van der Waals surface area contributed by atoms with Crippen LogP contribution in [0.1, 0.15) is 88.3 Å². The molecule has 218 valence electrons. The lowest BCUT2D eigenvalue weighted by molar-refractivity contribution is -0.134. The summed E-state index contributed by atoms with van der Waals surface area (Å²) >= 11 is 0. The first-order valence-corrected chi connectivity index (χ1v) is 14.7. The molecule has 1 saturated heterocycles. The van der Waals surface area contributed by atoms with Crippen molar-refractivity contribution in [1.82, 2.24) is 4.90 Å². The molecule has 0 radical (unpaired) electrons. The lowest BCUT2D eigenvalue weighted by atomic mass is 9.85. The third-order valence-electron chi connectivity index (χ3n) is 8.47. The standard InChI is InChI=1S/C33H42FNO4.ClH/c1-23(7-4-8-24-12-14-26(34)15-13-24)25-21-29(38-31(36)11-6-16-35-17-19-37-20-18-35)32-27-9-5-10-28(27)33(2,3)39-30(32)22-25;/h12-15,21-23H,4-11,16-20H2,1-3H3;1H. The quantitative estimate of drug-likeness (QED) is 0.218. The summed E-state index contributed by atoms with van der Waals surface area (Å²) in [5.74, 6) is 1.36. The van der Waals surface area contributed by atoms with Crippen molar-refractivity contribution >= 4 is 23.9 Å². The number of carbonyl (C=O) groups excluding carboxylic acids is 1. The summed E-state index contributed by atoms with van der Waals surface area (Å²) in [7, 11) is 0. The molecule has 5 rings (SSSR count). The number of morpholine rings is 1. The van der Waals surface area contributed by atoms with Crippen molar-refractivity contribution in [3.05, 3.63) is 64.5 Å². The highest BCUT2D eigenvalue weighted by molar-refractivity contribution is 5.85. The number of rotatable bonds is 10. The molecular weight excluding hydrogens is 529 g/mol. The molecule has 2 aliphatic heterocycles. The van der Waals surface area contributed by atoms with Gasteiger partial charge in [0.15, 0.2) is 0 Å². The summed E-state index contributed by atoms with van der Waals surface area (Å²) in [6, 6.07) is 11.0. The zero-order valence-electron chi connectivity index (χ0n) is 24.1. The Balaban J connectivity index is 0.00000370. The third kappa shape index (κ3) is 7.26. The van der Waals surface area contributed by atoms with Crippen molar-refractivity contribution in [1.29, 1.82) is 0 Å². The van der Waals surface area contributed by atoms with Gasteiger partial charge in [-0.1, -0.05) is 19.1 Å². The van der Waals surface area contributed by atoms with Crippen LogP contribution in [0.25, 0.3) is 5.57 Å². The Kier molecular flexibility index (Phi) is 10.3. The van der Waals surface area contributed by atoms with Crippen LogP contribution in [0.5, 0.6) is 11.5 Å². The maximum absolute atomic E-state index is 13.3. The zero-order valence-corrected chi connectivity index (χ0v) is 24.9. The summed E-state index contributed by atoms with van der Waals surface area (Å²) in [6.45, 7) is 10.8. The number of ether oxygens (including phenoxy) is 3. The lowest BCUT2D eigenvalue weighted by Gasteiger charge is -2.36. The number of allylic oxidation sites excluding steroid dienone is 1. The van der Waals surface area contributed by atoms with E-state index in [0.717, 1.165) is 100 Å². The minimum Gasteiger partial charge on any atom is -0.483 e. The number of aryl methyl sites for hydroxylation is 1. The molecule has 1 aliphatic carbocycles. The predicted molar refractivity (Wildman–Crippen MR) is 159 cm³/mol. The smallest absolute Gasteiger partial charge is 0.311 e. The molecule has 40 heavy (non-hydrogen) atoms. The van der Waals surface area contributed by atoms with Gasteiger partial charge in [0.25, 0.3) is 0 Å². The fourth-order valence-corrected chi connectivity index (χ4v) is 6.25. The normalized spacial score (nSPS) is 18.8. The van der Waals surface area contributed by atoms with Gasteiger partial charge in [-0.05, 0) is 118 Å². The Labute approximate surface area is 244 Å². The van der Waals surface area contributed by atoms with Crippen molar-refractivity contribution in [2.75, 3.05) is 32.8 Å². The SMILES string of the molecule is CC(CCCc1ccc(F)cc1)c1cc(OC(=O)CCCN2CCOCC2)c2c(c1)OC(C)(C)C1=C2CCC1.Cl. The number of carbonyl (C=O) groups is 1. The first-order chi connectivity index (χ1) is 18.8. The van der Waals surface area contributed by atoms with Gasteiger partial charge >= 0.3 is 5.97 Å². The highest BCUT2D eigenvalue weighted by Gasteiger charge is 2.39. The van der Waals surface area contributed by atoms with Crippen molar-refractivity contribution in [3.63, 3.8) is 0 Å². The molecule has 0 spiro atoms. The minimum absolute atomic E-state index is 0. The van der Waals surface area contributed by atoms with Gasteiger partial charge in [-0.3, -0.25) is 9.69 Å². The van der Waals surface area contributed by atoms with Crippen molar-refractivity contribution in [3.8, 4) is 11.5 Å². The monoisotopic (exact) mass is 571 g/mol. The van der Waals surface area contributed by atoms with Crippen molar-refractivity contribution in [2.24, 2.45) is 0 Å². The molecule has 3 aliphatic rings. The Hall–Kier alpha value is -2.41. The van der Waals surface area contributed by atoms with E-state index < -0.39 is 0 Å². The van der Waals surface area contributed by atoms with Crippen LogP contribution < -0.4 is 9.47 Å². The van der Waals surface area contributed by atoms with Crippen LogP contribution in [0, 0.1) is 5.82 Å². The number of esters is 1. The van der Waals surface area contributed by atoms with Crippen molar-refractivity contribution < 1.29 is 23.4 Å². The predicted octanol–water partition coefficient (Wildman–Crippen LogP) is 7.50. The average Bonchev–Trinajstić information content (AvgIpc) is 3.41. The first-order valence-electron chi connectivity index (χ1n) is 14.7. The highest BCUT2D eigenvalue weighted by atomic mass is 35.5. The van der Waals surface area contributed by atoms with E-state index in [4.69, 9.17) is 14.2 Å². The number of hydrogen-bond acceptors (Lipinski definition) is 5. The molecule has 0 bridgehead atoms. The molecular formula is C33H43ClFNO4. The second-order valence-electron chi connectivity index (χ2n) is 11.8. The van der Waals surface area contributed by atoms with Gasteiger partial charge in [-0.25, -0.2) is 4.39 Å². The van der Waals surface area contributed by atoms with E-state index >= 15 is 0 Å². The van der Waals surface area contributed by atoms with Gasteiger partial charge < -0.3 is 14.2 Å². The van der Waals surface area contributed by atoms with Crippen LogP contribution in [0.3, 0.4) is 0 Å². The maximum Gasteiger partial charge on any atom is 0.311 e. The number of hydrogen-bond donors (Lipinski definition) is 0. The number of nitrogens with zero attached hydrogens (tertiary/aromatic N) is 1. The Morgan fingerprint density at radius 1 is 1.10 bits per heavy atom. The van der Waals surface area contributed by atoms with E-state index in [-0.39, 0.29) is 35.7 Å². The summed E-state index contributed by atoms with van der Waals surface area (Å²) in [5.41, 5.74) is 5.52. The molecule has 0 N–H and O–H groups in total. The van der Waals surface area contributed by atoms with E-state index in [9.17, 15) is 9.18 Å². The highest BCUT2D eigenvalue weighted by Crippen LogP contribution is 2.52. The lowest BCUT2D eigenvalue weighted by Crippen LogP contribution is -2.37. The molecule has 7 heteroatoms. The fraction of sp³-hybridized carbons (Fsp3) is 0.545. The largest absolute Gasteiger partial charge is 0.483 e. The summed E-state index contributed by atoms with van der Waals surface area (Å²) in [5, 5.41) is 0. The number of halogens is 2. The molecule has 0 saturated carbocycles. The molecule has 1 fully saturated rings. The molecule has 2 aromatic rings. The molecule has 0 amide bonds. The summed E-state index contributed by atoms with van der Waals surface area (Å²) in [4.78, 5) is 15.4. The summed E-state index contributed by atoms with van der Waals surface area (Å²) < 4.78 is 31.4. The van der Waals surface area contributed by atoms with Crippen LogP contribution in [-0.2, 0) is 16.0 Å². The van der Waals surface area contributed by atoms with Crippen LogP contribution in [0.2, 0.25) is 0 Å². The van der Waals surface area contributed by atoms with E-state index in [1.165, 1.54) is 23.3 Å². The molecule has 2 aromatic carbocycles. The summed E-state index contributed by atoms with van der Waals surface area (Å²) in [6.07, 6.45) is 7.15. The van der Waals surface area contributed by atoms with Gasteiger partial charge in [0, 0.05) is 19.5 Å². The van der Waals surface area contributed by atoms with Crippen LogP contribution in [0.15, 0.2) is 42.0 Å². The van der Waals surface area contributed by atoms with Crippen LogP contribution >= 0.6 is 12.4 Å². The van der Waals surface area contributed by atoms with Gasteiger partial charge in [0.2, 0.25) is 0 Å². The molecule has 2 heterocycles. The Morgan fingerprint density at radius 2 is 1.85 bits per heavy atom. The molecule has 1 atom stereocenters. The van der Waals surface area contributed by atoms with E-state index in [0.29, 0.717) is 12.2 Å². The van der Waals surface area contributed by atoms with Gasteiger partial charge in [-0.15, -0.1) is 12.4 Å². The van der Waals surface area contributed by atoms with Gasteiger partial charge in [0.05, 0.1) is 18.8 Å². The van der Waals surface area contributed by atoms with Gasteiger partial charge in [-0.2, -0.15) is 0 Å². The Morgan fingerprint density at radius 3 is 2.60 bits per heavy atom. The van der Waals surface area contributed by atoms with Crippen LogP contribution in [0.4, 0.5) is 4.39 Å². The molecule has 1 unspecified atom stereocenters. The fourth-order valence-electron chi connectivity index (χ4n) is 6.25. The zero-order chi connectivity index (χ0) is 27.4. The minimum atomic E-state index is -0.358. The van der Waals surface area contributed by atoms with E-state index in [1.54, 1.807) is 0 Å². The van der Waals surface area contributed by atoms with E-state index in [1.807, 2.05) is 12.1 Å².